The Bertz CT molecular complexity index is 737. The number of hydrogen-bond donors (Lipinski definition) is 2. The van der Waals surface area contributed by atoms with E-state index in [1.165, 1.54) is 13.3 Å². The third-order valence-corrected chi connectivity index (χ3v) is 3.40. The Morgan fingerprint density at radius 3 is 2.73 bits per heavy atom. The lowest BCUT2D eigenvalue weighted by molar-refractivity contribution is 0.0953. The maximum absolute atomic E-state index is 12.0. The van der Waals surface area contributed by atoms with Crippen molar-refractivity contribution in [1.29, 1.82) is 0 Å². The highest BCUT2D eigenvalue weighted by atomic mass is 79.9. The molecule has 22 heavy (non-hydrogen) atoms. The molecule has 1 aromatic heterocycles. The summed E-state index contributed by atoms with van der Waals surface area (Å²) in [5.41, 5.74) is 3.22. The number of phenols is 1. The van der Waals surface area contributed by atoms with Gasteiger partial charge in [0.25, 0.3) is 5.91 Å². The lowest BCUT2D eigenvalue weighted by atomic mass is 10.2. The van der Waals surface area contributed by atoms with E-state index < -0.39 is 0 Å². The summed E-state index contributed by atoms with van der Waals surface area (Å²) >= 11 is 3.31. The third kappa shape index (κ3) is 3.48. The zero-order valence-electron chi connectivity index (χ0n) is 12.3. The number of hydrazone groups is 1. The van der Waals surface area contributed by atoms with Crippen LogP contribution in [0.5, 0.6) is 11.5 Å². The number of phenolic OH excluding ortho intramolecular Hbond substituents is 1. The number of carbonyl (C=O) groups is 1. The number of rotatable bonds is 4. The number of methoxy groups -OCH3 is 1. The fraction of sp³-hybridized carbons (Fsp3) is 0.200. The number of hydrogen-bond acceptors (Lipinski definition) is 5. The molecule has 116 valence electrons. The summed E-state index contributed by atoms with van der Waals surface area (Å²) in [5.74, 6) is 1.05. The van der Waals surface area contributed by atoms with Gasteiger partial charge in [0.2, 0.25) is 0 Å². The Morgan fingerprint density at radius 2 is 2.14 bits per heavy atom. The third-order valence-electron chi connectivity index (χ3n) is 2.94. The standard InChI is InChI=1S/C15H15BrN2O4/c1-8-4-12(9(2)22-8)15(20)18-17-7-10-5-11(16)6-13(21-3)14(10)19/h4-7,19H,1-3H3,(H,18,20)/b17-7+. The normalized spacial score (nSPS) is 10.9. The molecule has 0 atom stereocenters. The zero-order chi connectivity index (χ0) is 16.3. The van der Waals surface area contributed by atoms with Gasteiger partial charge < -0.3 is 14.3 Å². The molecule has 0 bridgehead atoms. The Kier molecular flexibility index (Phi) is 4.87. The van der Waals surface area contributed by atoms with Crippen LogP contribution in [-0.2, 0) is 0 Å². The van der Waals surface area contributed by atoms with Crippen LogP contribution >= 0.6 is 15.9 Å². The van der Waals surface area contributed by atoms with Crippen LogP contribution in [-0.4, -0.2) is 24.3 Å². The van der Waals surface area contributed by atoms with E-state index in [1.54, 1.807) is 32.0 Å². The van der Waals surface area contributed by atoms with Gasteiger partial charge in [0, 0.05) is 10.0 Å². The van der Waals surface area contributed by atoms with Crippen LogP contribution in [0.3, 0.4) is 0 Å². The molecule has 7 heteroatoms. The van der Waals surface area contributed by atoms with Crippen LogP contribution in [0, 0.1) is 13.8 Å². The van der Waals surface area contributed by atoms with E-state index >= 15 is 0 Å². The molecule has 0 saturated heterocycles. The average molecular weight is 367 g/mol. The van der Waals surface area contributed by atoms with Gasteiger partial charge in [-0.05, 0) is 32.0 Å². The van der Waals surface area contributed by atoms with Crippen LogP contribution < -0.4 is 10.2 Å². The van der Waals surface area contributed by atoms with Gasteiger partial charge in [-0.15, -0.1) is 0 Å². The predicted molar refractivity (Wildman–Crippen MR) is 85.6 cm³/mol. The molecule has 6 nitrogen and oxygen atoms in total. The fourth-order valence-corrected chi connectivity index (χ4v) is 2.38. The molecular formula is C15H15BrN2O4. The molecule has 1 heterocycles. The van der Waals surface area contributed by atoms with Crippen LogP contribution in [0.1, 0.15) is 27.4 Å². The number of carbonyl (C=O) groups excluding carboxylic acids is 1. The molecule has 1 amide bonds. The van der Waals surface area contributed by atoms with E-state index in [1.807, 2.05) is 0 Å². The molecule has 0 aliphatic heterocycles. The first kappa shape index (κ1) is 16.1. The first-order chi connectivity index (χ1) is 10.4. The summed E-state index contributed by atoms with van der Waals surface area (Å²) in [6.07, 6.45) is 1.34. The van der Waals surface area contributed by atoms with Gasteiger partial charge in [-0.2, -0.15) is 5.10 Å². The molecule has 0 unspecified atom stereocenters. The Morgan fingerprint density at radius 1 is 1.41 bits per heavy atom. The highest BCUT2D eigenvalue weighted by Crippen LogP contribution is 2.32. The van der Waals surface area contributed by atoms with Crippen molar-refractivity contribution in [3.63, 3.8) is 0 Å². The topological polar surface area (TPSA) is 84.1 Å². The number of halogens is 1. The number of furan rings is 1. The molecule has 0 radical (unpaired) electrons. The minimum atomic E-state index is -0.382. The average Bonchev–Trinajstić information content (AvgIpc) is 2.81. The van der Waals surface area contributed by atoms with Crippen LogP contribution in [0.4, 0.5) is 0 Å². The van der Waals surface area contributed by atoms with Crippen LogP contribution in [0.15, 0.2) is 32.2 Å². The summed E-state index contributed by atoms with van der Waals surface area (Å²) in [5, 5.41) is 13.8. The molecule has 0 saturated carbocycles. The van der Waals surface area contributed by atoms with Crippen molar-refractivity contribution in [2.75, 3.05) is 7.11 Å². The fourth-order valence-electron chi connectivity index (χ4n) is 1.93. The van der Waals surface area contributed by atoms with E-state index in [-0.39, 0.29) is 11.7 Å². The summed E-state index contributed by atoms with van der Waals surface area (Å²) < 4.78 is 11.0. The number of aryl methyl sites for hydroxylation is 2. The first-order valence-corrected chi connectivity index (χ1v) is 7.18. The van der Waals surface area contributed by atoms with Crippen molar-refractivity contribution in [2.24, 2.45) is 5.10 Å². The van der Waals surface area contributed by atoms with Crippen molar-refractivity contribution >= 4 is 28.1 Å². The molecule has 0 fully saturated rings. The summed E-state index contributed by atoms with van der Waals surface area (Å²) in [6, 6.07) is 4.92. The number of amides is 1. The zero-order valence-corrected chi connectivity index (χ0v) is 13.9. The van der Waals surface area contributed by atoms with Crippen molar-refractivity contribution in [1.82, 2.24) is 5.43 Å². The van der Waals surface area contributed by atoms with Gasteiger partial charge >= 0.3 is 0 Å². The van der Waals surface area contributed by atoms with Gasteiger partial charge in [0.15, 0.2) is 11.5 Å². The summed E-state index contributed by atoms with van der Waals surface area (Å²) in [6.45, 7) is 3.47. The number of nitrogens with one attached hydrogen (secondary N) is 1. The molecule has 2 N–H and O–H groups in total. The largest absolute Gasteiger partial charge is 0.504 e. The van der Waals surface area contributed by atoms with E-state index in [0.717, 1.165) is 4.47 Å². The highest BCUT2D eigenvalue weighted by Gasteiger charge is 2.13. The monoisotopic (exact) mass is 366 g/mol. The van der Waals surface area contributed by atoms with Crippen molar-refractivity contribution < 1.29 is 19.1 Å². The number of benzene rings is 1. The molecule has 0 aliphatic carbocycles. The summed E-state index contributed by atoms with van der Waals surface area (Å²) in [4.78, 5) is 12.0. The number of ether oxygens (including phenoxy) is 1. The smallest absolute Gasteiger partial charge is 0.274 e. The highest BCUT2D eigenvalue weighted by molar-refractivity contribution is 9.10. The van der Waals surface area contributed by atoms with Crippen LogP contribution in [0.25, 0.3) is 0 Å². The summed E-state index contributed by atoms with van der Waals surface area (Å²) in [7, 11) is 1.45. The van der Waals surface area contributed by atoms with Crippen molar-refractivity contribution in [3.05, 3.63) is 45.3 Å². The van der Waals surface area contributed by atoms with Gasteiger partial charge in [0.05, 0.1) is 18.9 Å². The van der Waals surface area contributed by atoms with Crippen molar-refractivity contribution in [3.8, 4) is 11.5 Å². The molecule has 2 aromatic rings. The second-order valence-corrected chi connectivity index (χ2v) is 5.49. The van der Waals surface area contributed by atoms with Crippen molar-refractivity contribution in [2.45, 2.75) is 13.8 Å². The molecule has 1 aromatic carbocycles. The van der Waals surface area contributed by atoms with E-state index in [4.69, 9.17) is 9.15 Å². The lowest BCUT2D eigenvalue weighted by Gasteiger charge is -2.06. The van der Waals surface area contributed by atoms with E-state index in [9.17, 15) is 9.90 Å². The maximum Gasteiger partial charge on any atom is 0.274 e. The molecule has 2 rings (SSSR count). The quantitative estimate of drug-likeness (QED) is 0.642. The van der Waals surface area contributed by atoms with E-state index in [0.29, 0.717) is 28.4 Å². The van der Waals surface area contributed by atoms with Gasteiger partial charge in [-0.3, -0.25) is 4.79 Å². The second kappa shape index (κ2) is 6.65. The van der Waals surface area contributed by atoms with Gasteiger partial charge in [-0.25, -0.2) is 5.43 Å². The second-order valence-electron chi connectivity index (χ2n) is 4.57. The Hall–Kier alpha value is -2.28. The molecule has 0 aliphatic rings. The van der Waals surface area contributed by atoms with E-state index in [2.05, 4.69) is 26.5 Å². The first-order valence-electron chi connectivity index (χ1n) is 6.39. The molecule has 0 spiro atoms. The maximum atomic E-state index is 12.0. The molecular weight excluding hydrogens is 352 g/mol. The lowest BCUT2D eigenvalue weighted by Crippen LogP contribution is -2.17. The van der Waals surface area contributed by atoms with Crippen LogP contribution in [0.2, 0.25) is 0 Å². The van der Waals surface area contributed by atoms with Gasteiger partial charge in [-0.1, -0.05) is 15.9 Å². The SMILES string of the molecule is COc1cc(Br)cc(/C=N/NC(=O)c2cc(C)oc2C)c1O. The predicted octanol–water partition coefficient (Wildman–Crippen LogP) is 3.14. The minimum Gasteiger partial charge on any atom is -0.504 e. The Balaban J connectivity index is 2.15. The number of aromatic hydroxyl groups is 1. The van der Waals surface area contributed by atoms with Gasteiger partial charge in [0.1, 0.15) is 11.5 Å². The number of nitrogens with zero attached hydrogens (tertiary/aromatic N) is 1. The minimum absolute atomic E-state index is 0.0564. The Labute approximate surface area is 135 Å².